The summed E-state index contributed by atoms with van der Waals surface area (Å²) in [5.41, 5.74) is 0. The van der Waals surface area contributed by atoms with Crippen LogP contribution in [0.25, 0.3) is 0 Å². The van der Waals surface area contributed by atoms with Gasteiger partial charge in [0, 0.05) is 26.1 Å². The van der Waals surface area contributed by atoms with Crippen LogP contribution in [0.4, 0.5) is 0 Å². The Balaban J connectivity index is 2.48. The number of nitrogens with two attached hydrogens (primary N) is 1. The van der Waals surface area contributed by atoms with Gasteiger partial charge in [0.25, 0.3) is 0 Å². The van der Waals surface area contributed by atoms with E-state index in [1.54, 1.807) is 0 Å². The molecule has 90 valence electrons. The molecule has 1 heterocycles. The van der Waals surface area contributed by atoms with Crippen LogP contribution in [0.15, 0.2) is 0 Å². The Morgan fingerprint density at radius 3 is 2.81 bits per heavy atom. The van der Waals surface area contributed by atoms with Gasteiger partial charge in [0.1, 0.15) is 0 Å². The third kappa shape index (κ3) is 4.06. The van der Waals surface area contributed by atoms with Crippen LogP contribution in [-0.2, 0) is 14.3 Å². The highest BCUT2D eigenvalue weighted by molar-refractivity contribution is 5.66. The molecule has 16 heavy (non-hydrogen) atoms. The van der Waals surface area contributed by atoms with Crippen LogP contribution in [0, 0.1) is 12.5 Å². The van der Waals surface area contributed by atoms with Crippen molar-refractivity contribution in [2.24, 2.45) is 5.84 Å². The van der Waals surface area contributed by atoms with Crippen LogP contribution in [0.2, 0.25) is 0 Å². The Bertz CT molecular complexity index is 271. The lowest BCUT2D eigenvalue weighted by Gasteiger charge is -2.32. The molecule has 6 heteroatoms. The first-order valence-electron chi connectivity index (χ1n) is 5.11. The Hall–Kier alpha value is -1.29. The van der Waals surface area contributed by atoms with Crippen LogP contribution in [0.3, 0.4) is 0 Å². The zero-order valence-corrected chi connectivity index (χ0v) is 9.39. The van der Waals surface area contributed by atoms with Crippen molar-refractivity contribution in [1.82, 2.24) is 9.91 Å². The molecule has 0 bridgehead atoms. The van der Waals surface area contributed by atoms with E-state index >= 15 is 0 Å². The van der Waals surface area contributed by atoms with Crippen LogP contribution in [-0.4, -0.2) is 55.0 Å². The van der Waals surface area contributed by atoms with Crippen LogP contribution in [0.1, 0.15) is 6.92 Å². The Morgan fingerprint density at radius 2 is 2.31 bits per heavy atom. The molecule has 2 N–H and O–H groups in total. The standard InChI is InChI=1S/C10H17N3O3/c1-3-13(11)10(16-9(2)14)8-12-4-6-15-7-5-12/h1,10H,4-8,11H2,2H3/t10-/m1/s1. The zero-order valence-electron chi connectivity index (χ0n) is 9.39. The molecule has 1 atom stereocenters. The molecule has 1 aliphatic rings. The molecular formula is C10H17N3O3. The first kappa shape index (κ1) is 12.8. The minimum atomic E-state index is -0.611. The van der Waals surface area contributed by atoms with Crippen LogP contribution < -0.4 is 5.84 Å². The predicted molar refractivity (Wildman–Crippen MR) is 57.7 cm³/mol. The van der Waals surface area contributed by atoms with Crippen molar-refractivity contribution in [2.45, 2.75) is 13.2 Å². The first-order chi connectivity index (χ1) is 7.63. The predicted octanol–water partition coefficient (Wildman–Crippen LogP) is -1.03. The van der Waals surface area contributed by atoms with E-state index < -0.39 is 12.2 Å². The fourth-order valence-electron chi connectivity index (χ4n) is 1.46. The van der Waals surface area contributed by atoms with Gasteiger partial charge in [0.2, 0.25) is 6.23 Å². The van der Waals surface area contributed by atoms with Crippen molar-refractivity contribution in [2.75, 3.05) is 32.8 Å². The fourth-order valence-corrected chi connectivity index (χ4v) is 1.46. The summed E-state index contributed by atoms with van der Waals surface area (Å²) in [6.45, 7) is 4.74. The number of hydrogen-bond donors (Lipinski definition) is 1. The van der Waals surface area contributed by atoms with Gasteiger partial charge in [-0.25, -0.2) is 10.9 Å². The highest BCUT2D eigenvalue weighted by Gasteiger charge is 2.21. The van der Waals surface area contributed by atoms with Gasteiger partial charge in [-0.05, 0) is 0 Å². The summed E-state index contributed by atoms with van der Waals surface area (Å²) < 4.78 is 10.3. The van der Waals surface area contributed by atoms with Gasteiger partial charge in [-0.15, -0.1) is 0 Å². The second-order valence-corrected chi connectivity index (χ2v) is 3.51. The number of nitrogens with zero attached hydrogens (tertiary/aromatic N) is 2. The molecule has 0 spiro atoms. The lowest BCUT2D eigenvalue weighted by molar-refractivity contribution is -0.156. The summed E-state index contributed by atoms with van der Waals surface area (Å²) in [6.07, 6.45) is 4.56. The molecule has 0 radical (unpaired) electrons. The molecule has 6 nitrogen and oxygen atoms in total. The molecule has 0 aromatic heterocycles. The normalized spacial score (nSPS) is 18.6. The van der Waals surface area contributed by atoms with E-state index in [-0.39, 0.29) is 0 Å². The van der Waals surface area contributed by atoms with E-state index in [4.69, 9.17) is 21.7 Å². The SMILES string of the molecule is C#CN(N)[C@@H](CN1CCOCC1)OC(C)=O. The summed E-state index contributed by atoms with van der Waals surface area (Å²) in [5.74, 6) is 5.15. The summed E-state index contributed by atoms with van der Waals surface area (Å²) >= 11 is 0. The highest BCUT2D eigenvalue weighted by Crippen LogP contribution is 2.03. The summed E-state index contributed by atoms with van der Waals surface area (Å²) in [5, 5.41) is 1.07. The largest absolute Gasteiger partial charge is 0.438 e. The van der Waals surface area contributed by atoms with Crippen molar-refractivity contribution in [3.05, 3.63) is 0 Å². The van der Waals surface area contributed by atoms with E-state index in [1.807, 2.05) is 0 Å². The highest BCUT2D eigenvalue weighted by atomic mass is 16.6. The maximum absolute atomic E-state index is 10.9. The van der Waals surface area contributed by atoms with Gasteiger partial charge in [-0.1, -0.05) is 6.42 Å². The zero-order chi connectivity index (χ0) is 12.0. The number of hydrazine groups is 1. The number of esters is 1. The van der Waals surface area contributed by atoms with E-state index in [1.165, 1.54) is 6.92 Å². The van der Waals surface area contributed by atoms with Gasteiger partial charge >= 0.3 is 5.97 Å². The topological polar surface area (TPSA) is 68.0 Å². The van der Waals surface area contributed by atoms with Gasteiger partial charge in [-0.2, -0.15) is 0 Å². The number of morpholine rings is 1. The summed E-state index contributed by atoms with van der Waals surface area (Å²) in [7, 11) is 0. The van der Waals surface area contributed by atoms with Crippen molar-refractivity contribution in [3.8, 4) is 12.5 Å². The molecular weight excluding hydrogens is 210 g/mol. The molecule has 0 aromatic rings. The van der Waals surface area contributed by atoms with Crippen molar-refractivity contribution in [1.29, 1.82) is 0 Å². The molecule has 1 fully saturated rings. The third-order valence-corrected chi connectivity index (χ3v) is 2.28. The van der Waals surface area contributed by atoms with Gasteiger partial charge in [0.15, 0.2) is 0 Å². The number of terminal acetylenes is 1. The monoisotopic (exact) mass is 227 g/mol. The third-order valence-electron chi connectivity index (χ3n) is 2.28. The average Bonchev–Trinajstić information content (AvgIpc) is 2.28. The lowest BCUT2D eigenvalue weighted by Crippen LogP contribution is -2.50. The van der Waals surface area contributed by atoms with Crippen LogP contribution in [0.5, 0.6) is 0 Å². The molecule has 0 unspecified atom stereocenters. The Morgan fingerprint density at radius 1 is 1.69 bits per heavy atom. The van der Waals surface area contributed by atoms with Gasteiger partial charge < -0.3 is 9.47 Å². The number of rotatable bonds is 4. The van der Waals surface area contributed by atoms with E-state index in [2.05, 4.69) is 10.9 Å². The van der Waals surface area contributed by atoms with E-state index in [9.17, 15) is 4.79 Å². The molecule has 1 rings (SSSR count). The molecule has 1 saturated heterocycles. The van der Waals surface area contributed by atoms with Crippen molar-refractivity contribution in [3.63, 3.8) is 0 Å². The Kier molecular flexibility index (Phi) is 5.05. The molecule has 0 aliphatic carbocycles. The minimum Gasteiger partial charge on any atom is -0.438 e. The lowest BCUT2D eigenvalue weighted by atomic mass is 10.4. The smallest absolute Gasteiger partial charge is 0.304 e. The first-order valence-corrected chi connectivity index (χ1v) is 5.11. The second kappa shape index (κ2) is 6.33. The number of carbonyl (C=O) groups excluding carboxylic acids is 1. The maximum atomic E-state index is 10.9. The molecule has 0 saturated carbocycles. The molecule has 0 amide bonds. The van der Waals surface area contributed by atoms with Gasteiger partial charge in [0.05, 0.1) is 19.8 Å². The second-order valence-electron chi connectivity index (χ2n) is 3.51. The number of carbonyl (C=O) groups is 1. The minimum absolute atomic E-state index is 0.399. The summed E-state index contributed by atoms with van der Waals surface area (Å²) in [4.78, 5) is 13.0. The van der Waals surface area contributed by atoms with Gasteiger partial charge in [-0.3, -0.25) is 9.69 Å². The number of hydrogen-bond acceptors (Lipinski definition) is 6. The quantitative estimate of drug-likeness (QED) is 0.165. The molecule has 0 aromatic carbocycles. The van der Waals surface area contributed by atoms with Crippen molar-refractivity contribution >= 4 is 5.97 Å². The van der Waals surface area contributed by atoms with E-state index in [0.717, 1.165) is 18.1 Å². The maximum Gasteiger partial charge on any atom is 0.304 e. The van der Waals surface area contributed by atoms with E-state index in [0.29, 0.717) is 19.8 Å². The van der Waals surface area contributed by atoms with Crippen LogP contribution >= 0.6 is 0 Å². The van der Waals surface area contributed by atoms with Crippen molar-refractivity contribution < 1.29 is 14.3 Å². The number of ether oxygens (including phenoxy) is 2. The summed E-state index contributed by atoms with van der Waals surface area (Å²) in [6, 6.07) is 2.24. The average molecular weight is 227 g/mol. The fraction of sp³-hybridized carbons (Fsp3) is 0.700. The Labute approximate surface area is 95.2 Å². The molecule has 1 aliphatic heterocycles.